The molecule has 0 fully saturated rings. The Bertz CT molecular complexity index is 2620. The Labute approximate surface area is 289 Å². The molecule has 0 spiro atoms. The average molecular weight is 643 g/mol. The molecule has 1 atom stereocenters. The maximum absolute atomic E-state index is 6.69. The maximum atomic E-state index is 6.69. The van der Waals surface area contributed by atoms with Crippen LogP contribution < -0.4 is 4.74 Å². The van der Waals surface area contributed by atoms with E-state index in [1.54, 1.807) is 0 Å². The summed E-state index contributed by atoms with van der Waals surface area (Å²) >= 11 is 0. The molecule has 3 aliphatic rings. The molecule has 5 heteroatoms. The Morgan fingerprint density at radius 3 is 2.12 bits per heavy atom. The van der Waals surface area contributed by atoms with Gasteiger partial charge in [-0.1, -0.05) is 128 Å². The van der Waals surface area contributed by atoms with Gasteiger partial charge in [0.2, 0.25) is 0 Å². The molecule has 2 aliphatic carbocycles. The zero-order valence-electron chi connectivity index (χ0n) is 27.2. The highest BCUT2D eigenvalue weighted by molar-refractivity contribution is 6.27. The molecular weight excluding hydrogens is 613 g/mol. The minimum atomic E-state index is 0.0442. The summed E-state index contributed by atoms with van der Waals surface area (Å²) in [4.78, 5) is 15.1. The van der Waals surface area contributed by atoms with Crippen molar-refractivity contribution in [2.24, 2.45) is 0 Å². The number of allylic oxidation sites excluding steroid dienone is 6. The van der Waals surface area contributed by atoms with Gasteiger partial charge in [0.1, 0.15) is 11.9 Å². The van der Waals surface area contributed by atoms with Crippen molar-refractivity contribution in [3.05, 3.63) is 169 Å². The lowest BCUT2D eigenvalue weighted by atomic mass is 9.74. The third kappa shape index (κ3) is 4.10. The van der Waals surface area contributed by atoms with Crippen molar-refractivity contribution in [2.75, 3.05) is 0 Å². The fourth-order valence-electron chi connectivity index (χ4n) is 7.76. The second kappa shape index (κ2) is 11.0. The standard InChI is InChI=1S/C45H30N4O/c1-3-35(49-36-23-12-10-20-33(36)41-37(49)26-25-32-31-19-11-13-24-38(31)50-42(32)41)39-27(2)30-21-14-22-34(40(30)39)45-47-43(28-15-6-4-7-16-28)46-44(48-45)29-17-8-5-9-18-29/h3-23,25-26,38H,1-2,24H2. The summed E-state index contributed by atoms with van der Waals surface area (Å²) in [6.07, 6.45) is 9.36. The third-order valence-corrected chi connectivity index (χ3v) is 10.0. The van der Waals surface area contributed by atoms with Gasteiger partial charge in [0.15, 0.2) is 17.5 Å². The summed E-state index contributed by atoms with van der Waals surface area (Å²) < 4.78 is 9.01. The molecule has 3 heterocycles. The molecule has 50 heavy (non-hydrogen) atoms. The Balaban J connectivity index is 1.21. The zero-order chi connectivity index (χ0) is 33.3. The van der Waals surface area contributed by atoms with Crippen LogP contribution in [0.1, 0.15) is 23.1 Å². The minimum absolute atomic E-state index is 0.0442. The molecule has 236 valence electrons. The molecule has 1 unspecified atom stereocenters. The van der Waals surface area contributed by atoms with Crippen molar-refractivity contribution < 1.29 is 4.74 Å². The first kappa shape index (κ1) is 28.4. The molecule has 1 aliphatic heterocycles. The lowest BCUT2D eigenvalue weighted by Crippen LogP contribution is -2.13. The topological polar surface area (TPSA) is 52.8 Å². The number of ether oxygens (including phenoxy) is 1. The molecule has 0 N–H and O–H groups in total. The number of hydrogen-bond acceptors (Lipinski definition) is 4. The lowest BCUT2D eigenvalue weighted by Gasteiger charge is -2.31. The SMILES string of the molecule is C=CC(=C1C(=C)c2cccc(-c3nc(-c4ccccc4)nc(-c4ccccc4)n3)c21)n1c2ccccc2c2c3c(ccc21)C1=CC=CCC1O3. The third-order valence-electron chi connectivity index (χ3n) is 10.0. The number of fused-ring (bicyclic) bond motifs is 8. The van der Waals surface area contributed by atoms with Crippen LogP contribution in [-0.2, 0) is 0 Å². The van der Waals surface area contributed by atoms with Crippen LogP contribution in [0.15, 0.2) is 153 Å². The first-order chi connectivity index (χ1) is 24.7. The number of hydrogen-bond donors (Lipinski definition) is 0. The molecule has 0 amide bonds. The quantitative estimate of drug-likeness (QED) is 0.187. The van der Waals surface area contributed by atoms with Crippen molar-refractivity contribution in [3.8, 4) is 39.9 Å². The number of aromatic nitrogens is 4. The predicted octanol–water partition coefficient (Wildman–Crippen LogP) is 10.7. The van der Waals surface area contributed by atoms with Crippen LogP contribution in [0.25, 0.3) is 78.4 Å². The van der Waals surface area contributed by atoms with E-state index in [1.165, 1.54) is 11.1 Å². The van der Waals surface area contributed by atoms with Gasteiger partial charge in [0.25, 0.3) is 0 Å². The lowest BCUT2D eigenvalue weighted by molar-refractivity contribution is 0.282. The van der Waals surface area contributed by atoms with Crippen molar-refractivity contribution in [2.45, 2.75) is 12.5 Å². The van der Waals surface area contributed by atoms with E-state index in [0.717, 1.165) is 78.6 Å². The van der Waals surface area contributed by atoms with Gasteiger partial charge in [-0.05, 0) is 35.4 Å². The monoisotopic (exact) mass is 642 g/mol. The number of rotatable bonds is 5. The molecular formula is C45H30N4O. The van der Waals surface area contributed by atoms with Gasteiger partial charge in [-0.2, -0.15) is 0 Å². The van der Waals surface area contributed by atoms with Crippen molar-refractivity contribution in [1.82, 2.24) is 19.5 Å². The normalized spacial score (nSPS) is 16.7. The molecule has 10 rings (SSSR count). The van der Waals surface area contributed by atoms with Gasteiger partial charge in [0, 0.05) is 50.8 Å². The maximum Gasteiger partial charge on any atom is 0.164 e. The average Bonchev–Trinajstić information content (AvgIpc) is 3.73. The summed E-state index contributed by atoms with van der Waals surface area (Å²) in [6.45, 7) is 8.96. The molecule has 0 bridgehead atoms. The predicted molar refractivity (Wildman–Crippen MR) is 204 cm³/mol. The van der Waals surface area contributed by atoms with Crippen molar-refractivity contribution in [3.63, 3.8) is 0 Å². The van der Waals surface area contributed by atoms with Crippen LogP contribution in [0.5, 0.6) is 5.75 Å². The Morgan fingerprint density at radius 2 is 1.38 bits per heavy atom. The molecule has 7 aromatic rings. The molecule has 0 saturated heterocycles. The Morgan fingerprint density at radius 1 is 0.700 bits per heavy atom. The van der Waals surface area contributed by atoms with Gasteiger partial charge in [0.05, 0.1) is 22.1 Å². The first-order valence-corrected chi connectivity index (χ1v) is 16.9. The van der Waals surface area contributed by atoms with Crippen LogP contribution in [0.3, 0.4) is 0 Å². The highest BCUT2D eigenvalue weighted by atomic mass is 16.5. The fraction of sp³-hybridized carbons (Fsp3) is 0.0444. The van der Waals surface area contributed by atoms with Gasteiger partial charge < -0.3 is 9.30 Å². The van der Waals surface area contributed by atoms with Crippen LogP contribution in [-0.4, -0.2) is 25.6 Å². The van der Waals surface area contributed by atoms with Crippen LogP contribution >= 0.6 is 0 Å². The van der Waals surface area contributed by atoms with Gasteiger partial charge in [-0.15, -0.1) is 0 Å². The van der Waals surface area contributed by atoms with E-state index in [4.69, 9.17) is 19.7 Å². The highest BCUT2D eigenvalue weighted by Gasteiger charge is 2.35. The van der Waals surface area contributed by atoms with Gasteiger partial charge in [-0.3, -0.25) is 0 Å². The van der Waals surface area contributed by atoms with Gasteiger partial charge in [-0.25, -0.2) is 15.0 Å². The van der Waals surface area contributed by atoms with E-state index in [-0.39, 0.29) is 6.10 Å². The molecule has 0 saturated carbocycles. The van der Waals surface area contributed by atoms with Crippen LogP contribution in [0.4, 0.5) is 0 Å². The van der Waals surface area contributed by atoms with Gasteiger partial charge >= 0.3 is 0 Å². The van der Waals surface area contributed by atoms with Crippen LogP contribution in [0, 0.1) is 0 Å². The van der Waals surface area contributed by atoms with E-state index >= 15 is 0 Å². The van der Waals surface area contributed by atoms with E-state index in [0.29, 0.717) is 17.5 Å². The number of benzene rings is 5. The summed E-state index contributed by atoms with van der Waals surface area (Å²) in [7, 11) is 0. The molecule has 5 aromatic carbocycles. The first-order valence-electron chi connectivity index (χ1n) is 16.9. The summed E-state index contributed by atoms with van der Waals surface area (Å²) in [5.74, 6) is 2.82. The van der Waals surface area contributed by atoms with Crippen molar-refractivity contribution >= 4 is 44.2 Å². The molecule has 0 radical (unpaired) electrons. The Hall–Kier alpha value is -6.59. The zero-order valence-corrected chi connectivity index (χ0v) is 27.2. The smallest absolute Gasteiger partial charge is 0.164 e. The largest absolute Gasteiger partial charge is 0.484 e. The van der Waals surface area contributed by atoms with E-state index in [9.17, 15) is 0 Å². The number of para-hydroxylation sites is 1. The summed E-state index contributed by atoms with van der Waals surface area (Å²) in [5.41, 5.74) is 12.4. The van der Waals surface area contributed by atoms with Crippen molar-refractivity contribution in [1.29, 1.82) is 0 Å². The fourth-order valence-corrected chi connectivity index (χ4v) is 7.76. The Kier molecular flexibility index (Phi) is 6.24. The number of nitrogens with zero attached hydrogens (tertiary/aromatic N) is 4. The molecule has 5 nitrogen and oxygen atoms in total. The van der Waals surface area contributed by atoms with E-state index < -0.39 is 0 Å². The van der Waals surface area contributed by atoms with Crippen LogP contribution in [0.2, 0.25) is 0 Å². The molecule has 2 aromatic heterocycles. The second-order valence-corrected chi connectivity index (χ2v) is 12.8. The summed E-state index contributed by atoms with van der Waals surface area (Å²) in [5, 5.41) is 2.26. The summed E-state index contributed by atoms with van der Waals surface area (Å²) in [6, 6.07) is 39.4. The second-order valence-electron chi connectivity index (χ2n) is 12.8. The van der Waals surface area contributed by atoms with E-state index in [2.05, 4.69) is 90.6 Å². The highest BCUT2D eigenvalue weighted by Crippen LogP contribution is 2.53. The minimum Gasteiger partial charge on any atom is -0.484 e. The van der Waals surface area contributed by atoms with E-state index in [1.807, 2.05) is 66.7 Å².